The first-order valence-corrected chi connectivity index (χ1v) is 12.3. The number of pyridine rings is 2. The molecule has 4 rings (SSSR count). The van der Waals surface area contributed by atoms with E-state index in [1.807, 2.05) is 60.7 Å². The molecule has 174 valence electrons. The van der Waals surface area contributed by atoms with Crippen LogP contribution in [0, 0.1) is 0 Å². The molecule has 0 bridgehead atoms. The van der Waals surface area contributed by atoms with Crippen molar-refractivity contribution in [1.82, 2.24) is 9.97 Å². The van der Waals surface area contributed by atoms with Crippen molar-refractivity contribution < 1.29 is 10.2 Å². The predicted octanol–water partition coefficient (Wildman–Crippen LogP) is 6.13. The predicted molar refractivity (Wildman–Crippen MR) is 142 cm³/mol. The minimum atomic E-state index is 0.188. The van der Waals surface area contributed by atoms with Gasteiger partial charge >= 0.3 is 0 Å². The summed E-state index contributed by atoms with van der Waals surface area (Å²) in [7, 11) is 0. The van der Waals surface area contributed by atoms with E-state index < -0.39 is 0 Å². The highest BCUT2D eigenvalue weighted by atomic mass is 79.9. The molecule has 0 aliphatic carbocycles. The average Bonchev–Trinajstić information content (AvgIpc) is 2.83. The van der Waals surface area contributed by atoms with Gasteiger partial charge in [-0.25, -0.2) is 0 Å². The van der Waals surface area contributed by atoms with Gasteiger partial charge in [-0.1, -0.05) is 44.0 Å². The van der Waals surface area contributed by atoms with E-state index in [1.54, 1.807) is 24.5 Å². The van der Waals surface area contributed by atoms with Crippen molar-refractivity contribution in [2.24, 2.45) is 0 Å². The summed E-state index contributed by atoms with van der Waals surface area (Å²) in [5, 5.41) is 21.3. The molecule has 2 aromatic heterocycles. The van der Waals surface area contributed by atoms with Crippen LogP contribution in [-0.4, -0.2) is 33.3 Å². The van der Waals surface area contributed by atoms with Crippen LogP contribution in [0.25, 0.3) is 0 Å². The van der Waals surface area contributed by atoms with Gasteiger partial charge in [0.25, 0.3) is 0 Å². The lowest BCUT2D eigenvalue weighted by molar-refractivity contribution is 0.470. The molecule has 6 nitrogen and oxygen atoms in total. The van der Waals surface area contributed by atoms with Crippen molar-refractivity contribution in [2.75, 3.05) is 22.9 Å². The first kappa shape index (κ1) is 24.0. The van der Waals surface area contributed by atoms with Crippen LogP contribution in [-0.2, 0) is 13.1 Å². The summed E-state index contributed by atoms with van der Waals surface area (Å²) in [5.74, 6) is 0.376. The summed E-state index contributed by atoms with van der Waals surface area (Å²) in [6, 6.07) is 22.6. The Labute approximate surface area is 215 Å². The number of halogens is 2. The Hall–Kier alpha value is -3.10. The lowest BCUT2D eigenvalue weighted by Crippen LogP contribution is -2.35. The summed E-state index contributed by atoms with van der Waals surface area (Å²) in [4.78, 5) is 13.1. The molecule has 0 unspecified atom stereocenters. The Bertz CT molecular complexity index is 1130. The molecule has 0 spiro atoms. The normalized spacial score (nSPS) is 10.8. The lowest BCUT2D eigenvalue weighted by Gasteiger charge is -2.31. The van der Waals surface area contributed by atoms with E-state index in [1.165, 1.54) is 0 Å². The van der Waals surface area contributed by atoms with Gasteiger partial charge in [0, 0.05) is 34.4 Å². The van der Waals surface area contributed by atoms with Gasteiger partial charge in [0.2, 0.25) is 0 Å². The molecule has 0 atom stereocenters. The first-order chi connectivity index (χ1) is 16.5. The van der Waals surface area contributed by atoms with E-state index in [0.29, 0.717) is 37.6 Å². The van der Waals surface area contributed by atoms with Gasteiger partial charge in [-0.3, -0.25) is 9.97 Å². The van der Waals surface area contributed by atoms with Crippen molar-refractivity contribution in [1.29, 1.82) is 0 Å². The summed E-state index contributed by atoms with van der Waals surface area (Å²) in [5.41, 5.74) is 3.22. The highest BCUT2D eigenvalue weighted by Crippen LogP contribution is 2.33. The van der Waals surface area contributed by atoms with Crippen LogP contribution in [0.15, 0.2) is 94.1 Å². The zero-order valence-corrected chi connectivity index (χ0v) is 21.5. The number of nitrogens with zero attached hydrogens (tertiary/aromatic N) is 4. The van der Waals surface area contributed by atoms with Gasteiger partial charge in [0.15, 0.2) is 0 Å². The van der Waals surface area contributed by atoms with Gasteiger partial charge in [-0.2, -0.15) is 0 Å². The van der Waals surface area contributed by atoms with Crippen molar-refractivity contribution in [3.63, 3.8) is 0 Å². The highest BCUT2D eigenvalue weighted by molar-refractivity contribution is 9.10. The van der Waals surface area contributed by atoms with Crippen LogP contribution in [0.5, 0.6) is 11.5 Å². The number of phenolic OH excluding ortho intramolecular Hbond substituents is 2. The van der Waals surface area contributed by atoms with Crippen molar-refractivity contribution in [3.05, 3.63) is 106 Å². The summed E-state index contributed by atoms with van der Waals surface area (Å²) < 4.78 is 1.62. The second-order valence-corrected chi connectivity index (χ2v) is 9.58. The Balaban J connectivity index is 1.63. The maximum absolute atomic E-state index is 10.7. The molecule has 8 heteroatoms. The monoisotopic (exact) mass is 582 g/mol. The molecule has 0 saturated carbocycles. The third kappa shape index (κ3) is 6.27. The average molecular weight is 584 g/mol. The van der Waals surface area contributed by atoms with Crippen LogP contribution >= 0.6 is 31.9 Å². The fourth-order valence-corrected chi connectivity index (χ4v) is 4.41. The molecular formula is C26H24Br2N4O2. The van der Waals surface area contributed by atoms with Crippen LogP contribution in [0.2, 0.25) is 0 Å². The van der Waals surface area contributed by atoms with Crippen LogP contribution in [0.4, 0.5) is 11.4 Å². The third-order valence-electron chi connectivity index (χ3n) is 5.35. The number of hydrogen-bond acceptors (Lipinski definition) is 6. The van der Waals surface area contributed by atoms with E-state index in [9.17, 15) is 10.2 Å². The Kier molecular flexibility index (Phi) is 8.03. The van der Waals surface area contributed by atoms with Crippen molar-refractivity contribution >= 4 is 43.2 Å². The number of phenols is 2. The zero-order chi connectivity index (χ0) is 23.9. The van der Waals surface area contributed by atoms with Crippen molar-refractivity contribution in [2.45, 2.75) is 13.1 Å². The summed E-state index contributed by atoms with van der Waals surface area (Å²) in [6.45, 7) is 2.21. The SMILES string of the molecule is Oc1cc(Br)ccc1N(CCN(Cc1ccccn1)c1ccc(Br)cc1O)Cc1ccccn1. The molecule has 0 fully saturated rings. The Morgan fingerprint density at radius 2 is 1.06 bits per heavy atom. The van der Waals surface area contributed by atoms with E-state index in [-0.39, 0.29) is 11.5 Å². The molecule has 4 aromatic rings. The number of benzene rings is 2. The van der Waals surface area contributed by atoms with Crippen LogP contribution < -0.4 is 9.80 Å². The van der Waals surface area contributed by atoms with Crippen LogP contribution in [0.1, 0.15) is 11.4 Å². The topological polar surface area (TPSA) is 72.7 Å². The molecule has 0 aliphatic heterocycles. The maximum atomic E-state index is 10.7. The maximum Gasteiger partial charge on any atom is 0.140 e. The Morgan fingerprint density at radius 1 is 0.618 bits per heavy atom. The standard InChI is InChI=1S/C26H24Br2N4O2/c27-19-7-9-23(25(33)15-19)31(17-21-5-1-3-11-29-21)13-14-32(18-22-6-2-4-12-30-22)24-10-8-20(28)16-26(24)34/h1-12,15-16,33-34H,13-14,17-18H2. The van der Waals surface area contributed by atoms with E-state index in [4.69, 9.17) is 0 Å². The number of aromatic nitrogens is 2. The van der Waals surface area contributed by atoms with Gasteiger partial charge in [0.1, 0.15) is 11.5 Å². The molecule has 2 heterocycles. The first-order valence-electron chi connectivity index (χ1n) is 10.8. The third-order valence-corrected chi connectivity index (χ3v) is 6.34. The Morgan fingerprint density at radius 3 is 1.41 bits per heavy atom. The second-order valence-electron chi connectivity index (χ2n) is 7.75. The molecule has 0 radical (unpaired) electrons. The fraction of sp³-hybridized carbons (Fsp3) is 0.154. The van der Waals surface area contributed by atoms with Crippen molar-refractivity contribution in [3.8, 4) is 11.5 Å². The molecule has 0 aliphatic rings. The number of rotatable bonds is 9. The summed E-state index contributed by atoms with van der Waals surface area (Å²) in [6.07, 6.45) is 3.53. The van der Waals surface area contributed by atoms with Gasteiger partial charge in [-0.15, -0.1) is 0 Å². The smallest absolute Gasteiger partial charge is 0.140 e. The minimum absolute atomic E-state index is 0.188. The van der Waals surface area contributed by atoms with E-state index in [2.05, 4.69) is 51.6 Å². The van der Waals surface area contributed by atoms with Crippen LogP contribution in [0.3, 0.4) is 0 Å². The second kappa shape index (κ2) is 11.4. The van der Waals surface area contributed by atoms with E-state index in [0.717, 1.165) is 20.3 Å². The van der Waals surface area contributed by atoms with E-state index >= 15 is 0 Å². The zero-order valence-electron chi connectivity index (χ0n) is 18.4. The van der Waals surface area contributed by atoms with Gasteiger partial charge < -0.3 is 20.0 Å². The largest absolute Gasteiger partial charge is 0.506 e. The molecule has 2 aromatic carbocycles. The number of anilines is 2. The molecule has 2 N–H and O–H groups in total. The number of hydrogen-bond donors (Lipinski definition) is 2. The number of aromatic hydroxyl groups is 2. The molecular weight excluding hydrogens is 560 g/mol. The van der Waals surface area contributed by atoms with Gasteiger partial charge in [-0.05, 0) is 60.7 Å². The van der Waals surface area contributed by atoms with Gasteiger partial charge in [0.05, 0.1) is 35.9 Å². The fourth-order valence-electron chi connectivity index (χ4n) is 3.71. The molecule has 34 heavy (non-hydrogen) atoms. The summed E-state index contributed by atoms with van der Waals surface area (Å²) >= 11 is 6.84. The minimum Gasteiger partial charge on any atom is -0.506 e. The quantitative estimate of drug-likeness (QED) is 0.247. The molecule has 0 amide bonds. The molecule has 0 saturated heterocycles. The lowest BCUT2D eigenvalue weighted by atomic mass is 10.2. The highest BCUT2D eigenvalue weighted by Gasteiger charge is 2.18.